The molecule has 3 aromatic rings. The molecule has 0 unspecified atom stereocenters. The van der Waals surface area contributed by atoms with Gasteiger partial charge in [0.25, 0.3) is 11.8 Å². The number of hydrogen-bond acceptors (Lipinski definition) is 5. The van der Waals surface area contributed by atoms with E-state index in [2.05, 4.69) is 5.32 Å². The maximum Gasteiger partial charge on any atom is 0.270 e. The second-order valence-corrected chi connectivity index (χ2v) is 8.86. The third kappa shape index (κ3) is 4.30. The summed E-state index contributed by atoms with van der Waals surface area (Å²) < 4.78 is 7.14. The zero-order valence-corrected chi connectivity index (χ0v) is 20.0. The summed E-state index contributed by atoms with van der Waals surface area (Å²) in [6.45, 7) is 1.76. The molecule has 3 amide bonds. The van der Waals surface area contributed by atoms with Gasteiger partial charge < -0.3 is 14.2 Å². The first-order valence-corrected chi connectivity index (χ1v) is 11.8. The second kappa shape index (κ2) is 9.34. The number of thiocarbonyl (C=S) groups is 1. The molecule has 2 fully saturated rings. The van der Waals surface area contributed by atoms with E-state index in [-0.39, 0.29) is 23.1 Å². The van der Waals surface area contributed by atoms with Crippen LogP contribution in [-0.4, -0.2) is 52.5 Å². The molecule has 2 aromatic carbocycles. The first-order chi connectivity index (χ1) is 17.0. The van der Waals surface area contributed by atoms with Gasteiger partial charge in [0.15, 0.2) is 5.11 Å². The zero-order valence-electron chi connectivity index (χ0n) is 19.2. The quantitative estimate of drug-likeness (QED) is 0.339. The molecule has 0 spiro atoms. The van der Waals surface area contributed by atoms with E-state index in [1.807, 2.05) is 39.9 Å². The molecule has 1 aromatic heterocycles. The highest BCUT2D eigenvalue weighted by Gasteiger charge is 2.35. The van der Waals surface area contributed by atoms with Gasteiger partial charge in [0.2, 0.25) is 5.91 Å². The van der Waals surface area contributed by atoms with E-state index in [9.17, 15) is 14.4 Å². The van der Waals surface area contributed by atoms with Gasteiger partial charge in [-0.2, -0.15) is 0 Å². The minimum Gasteiger partial charge on any atom is -0.497 e. The standard InChI is InChI=1S/C26H24N4O4S/c1-34-19-8-6-7-18(14-19)30-25(33)21(24(32)27-26(30)35)13-17-15-29(22-10-3-2-9-20(17)22)16-23(31)28-11-4-5-12-28/h2-3,6-10,13-15H,4-5,11-12,16H2,1H3,(H,27,32,35)/b21-13+. The van der Waals surface area contributed by atoms with Gasteiger partial charge in [0, 0.05) is 41.8 Å². The Balaban J connectivity index is 1.52. The van der Waals surface area contributed by atoms with Crippen molar-refractivity contribution in [2.24, 2.45) is 0 Å². The Morgan fingerprint density at radius 2 is 1.89 bits per heavy atom. The average molecular weight is 489 g/mol. The number of rotatable bonds is 5. The highest BCUT2D eigenvalue weighted by Crippen LogP contribution is 2.28. The van der Waals surface area contributed by atoms with Crippen molar-refractivity contribution in [2.45, 2.75) is 19.4 Å². The molecule has 3 heterocycles. The summed E-state index contributed by atoms with van der Waals surface area (Å²) in [4.78, 5) is 42.2. The number of anilines is 1. The van der Waals surface area contributed by atoms with Crippen LogP contribution in [0.3, 0.4) is 0 Å². The molecule has 2 aliphatic heterocycles. The molecule has 0 bridgehead atoms. The van der Waals surface area contributed by atoms with Crippen molar-refractivity contribution in [2.75, 3.05) is 25.1 Å². The van der Waals surface area contributed by atoms with Crippen molar-refractivity contribution in [1.29, 1.82) is 0 Å². The van der Waals surface area contributed by atoms with Gasteiger partial charge in [-0.15, -0.1) is 0 Å². The van der Waals surface area contributed by atoms with Gasteiger partial charge in [-0.25, -0.2) is 0 Å². The van der Waals surface area contributed by atoms with E-state index in [1.165, 1.54) is 12.0 Å². The molecule has 2 saturated heterocycles. The Kier molecular flexibility index (Phi) is 6.08. The molecule has 178 valence electrons. The highest BCUT2D eigenvalue weighted by molar-refractivity contribution is 7.80. The molecular weight excluding hydrogens is 464 g/mol. The Morgan fingerprint density at radius 3 is 2.66 bits per heavy atom. The van der Waals surface area contributed by atoms with Crippen LogP contribution in [0.4, 0.5) is 5.69 Å². The summed E-state index contributed by atoms with van der Waals surface area (Å²) in [5.41, 5.74) is 1.97. The van der Waals surface area contributed by atoms with E-state index in [4.69, 9.17) is 17.0 Å². The minimum atomic E-state index is -0.566. The molecule has 5 rings (SSSR count). The van der Waals surface area contributed by atoms with E-state index in [1.54, 1.807) is 30.3 Å². The Labute approximate surface area is 207 Å². The fraction of sp³-hybridized carbons (Fsp3) is 0.231. The van der Waals surface area contributed by atoms with E-state index in [0.29, 0.717) is 17.0 Å². The van der Waals surface area contributed by atoms with Gasteiger partial charge in [0.1, 0.15) is 17.9 Å². The van der Waals surface area contributed by atoms with Crippen LogP contribution in [0.2, 0.25) is 0 Å². The molecule has 0 atom stereocenters. The Bertz CT molecular complexity index is 1390. The normalized spacial score (nSPS) is 17.4. The fourth-order valence-corrected chi connectivity index (χ4v) is 4.81. The largest absolute Gasteiger partial charge is 0.497 e. The third-order valence-electron chi connectivity index (χ3n) is 6.30. The van der Waals surface area contributed by atoms with Gasteiger partial charge in [-0.05, 0) is 49.3 Å². The van der Waals surface area contributed by atoms with Gasteiger partial charge in [-0.3, -0.25) is 24.6 Å². The van der Waals surface area contributed by atoms with E-state index in [0.717, 1.165) is 36.8 Å². The summed E-state index contributed by atoms with van der Waals surface area (Å²) in [5.74, 6) is -0.476. The van der Waals surface area contributed by atoms with Crippen LogP contribution in [0.1, 0.15) is 18.4 Å². The monoisotopic (exact) mass is 488 g/mol. The van der Waals surface area contributed by atoms with Crippen molar-refractivity contribution in [3.63, 3.8) is 0 Å². The summed E-state index contributed by atoms with van der Waals surface area (Å²) in [7, 11) is 1.53. The number of fused-ring (bicyclic) bond motifs is 1. The summed E-state index contributed by atoms with van der Waals surface area (Å²) in [6.07, 6.45) is 5.43. The maximum atomic E-state index is 13.4. The SMILES string of the molecule is COc1cccc(N2C(=O)/C(=C/c3cn(CC(=O)N4CCCC4)c4ccccc34)C(=O)NC2=S)c1. The predicted molar refractivity (Wildman–Crippen MR) is 137 cm³/mol. The number of hydrogen-bond donors (Lipinski definition) is 1. The highest BCUT2D eigenvalue weighted by atomic mass is 32.1. The van der Waals surface area contributed by atoms with Crippen molar-refractivity contribution in [1.82, 2.24) is 14.8 Å². The zero-order chi connectivity index (χ0) is 24.5. The number of carbonyl (C=O) groups is 3. The van der Waals surface area contributed by atoms with Crippen LogP contribution in [0.25, 0.3) is 17.0 Å². The lowest BCUT2D eigenvalue weighted by molar-refractivity contribution is -0.130. The summed E-state index contributed by atoms with van der Waals surface area (Å²) >= 11 is 5.30. The summed E-state index contributed by atoms with van der Waals surface area (Å²) in [6, 6.07) is 14.5. The minimum absolute atomic E-state index is 0.00374. The molecule has 0 radical (unpaired) electrons. The van der Waals surface area contributed by atoms with Crippen LogP contribution < -0.4 is 15.0 Å². The van der Waals surface area contributed by atoms with Gasteiger partial charge in [-0.1, -0.05) is 24.3 Å². The van der Waals surface area contributed by atoms with Crippen molar-refractivity contribution in [3.8, 4) is 5.75 Å². The molecule has 35 heavy (non-hydrogen) atoms. The maximum absolute atomic E-state index is 13.4. The van der Waals surface area contributed by atoms with Crippen LogP contribution in [-0.2, 0) is 20.9 Å². The van der Waals surface area contributed by atoms with Crippen molar-refractivity contribution >= 4 is 57.7 Å². The van der Waals surface area contributed by atoms with E-state index < -0.39 is 11.8 Å². The molecule has 0 aliphatic carbocycles. The van der Waals surface area contributed by atoms with Gasteiger partial charge >= 0.3 is 0 Å². The lowest BCUT2D eigenvalue weighted by Gasteiger charge is -2.29. The van der Waals surface area contributed by atoms with Crippen molar-refractivity contribution in [3.05, 3.63) is 65.9 Å². The Hall–Kier alpha value is -3.98. The number of ether oxygens (including phenoxy) is 1. The number of methoxy groups -OCH3 is 1. The second-order valence-electron chi connectivity index (χ2n) is 8.48. The van der Waals surface area contributed by atoms with Crippen molar-refractivity contribution < 1.29 is 19.1 Å². The number of nitrogens with zero attached hydrogens (tertiary/aromatic N) is 3. The number of benzene rings is 2. The van der Waals surface area contributed by atoms with Crippen LogP contribution in [0.15, 0.2) is 60.3 Å². The van der Waals surface area contributed by atoms with Crippen LogP contribution >= 0.6 is 12.2 Å². The fourth-order valence-electron chi connectivity index (χ4n) is 4.53. The molecular formula is C26H24N4O4S. The smallest absolute Gasteiger partial charge is 0.270 e. The molecule has 9 heteroatoms. The summed E-state index contributed by atoms with van der Waals surface area (Å²) in [5, 5.41) is 3.46. The predicted octanol–water partition coefficient (Wildman–Crippen LogP) is 3.10. The lowest BCUT2D eigenvalue weighted by Crippen LogP contribution is -2.54. The molecule has 2 aliphatic rings. The number of likely N-dealkylation sites (tertiary alicyclic amines) is 1. The average Bonchev–Trinajstić information content (AvgIpc) is 3.51. The first kappa shape index (κ1) is 22.8. The van der Waals surface area contributed by atoms with Crippen LogP contribution in [0.5, 0.6) is 5.75 Å². The van der Waals surface area contributed by atoms with E-state index >= 15 is 0 Å². The lowest BCUT2D eigenvalue weighted by atomic mass is 10.1. The number of para-hydroxylation sites is 1. The third-order valence-corrected chi connectivity index (χ3v) is 6.58. The molecule has 1 N–H and O–H groups in total. The molecule has 8 nitrogen and oxygen atoms in total. The number of carbonyl (C=O) groups excluding carboxylic acids is 3. The number of amides is 3. The topological polar surface area (TPSA) is 83.9 Å². The van der Waals surface area contributed by atoms with Gasteiger partial charge in [0.05, 0.1) is 12.8 Å². The number of nitrogens with one attached hydrogen (secondary N) is 1. The van der Waals surface area contributed by atoms with Crippen LogP contribution in [0, 0.1) is 0 Å². The Morgan fingerprint density at radius 1 is 1.11 bits per heavy atom. The first-order valence-electron chi connectivity index (χ1n) is 11.4. The number of aromatic nitrogens is 1. The molecule has 0 saturated carbocycles.